The van der Waals surface area contributed by atoms with Gasteiger partial charge in [0.15, 0.2) is 0 Å². The van der Waals surface area contributed by atoms with Crippen molar-refractivity contribution in [2.45, 2.75) is 31.2 Å². The molecule has 1 saturated heterocycles. The quantitative estimate of drug-likeness (QED) is 0.347. The molecule has 0 saturated carbocycles. The lowest BCUT2D eigenvalue weighted by Crippen LogP contribution is -2.32. The van der Waals surface area contributed by atoms with Crippen LogP contribution in [0.3, 0.4) is 0 Å². The Hall–Kier alpha value is -3.43. The third-order valence-electron chi connectivity index (χ3n) is 5.02. The van der Waals surface area contributed by atoms with Crippen molar-refractivity contribution in [1.82, 2.24) is 25.1 Å². The van der Waals surface area contributed by atoms with Gasteiger partial charge < -0.3 is 20.3 Å². The van der Waals surface area contributed by atoms with Crippen molar-refractivity contribution in [2.75, 3.05) is 43.5 Å². The molecule has 3 rings (SSSR count). The first-order chi connectivity index (χ1) is 16.4. The van der Waals surface area contributed by atoms with E-state index in [0.29, 0.717) is 31.9 Å². The van der Waals surface area contributed by atoms with Gasteiger partial charge >= 0.3 is 12.4 Å². The van der Waals surface area contributed by atoms with Crippen molar-refractivity contribution in [3.63, 3.8) is 0 Å². The van der Waals surface area contributed by atoms with Crippen LogP contribution >= 0.6 is 0 Å². The van der Waals surface area contributed by atoms with Crippen LogP contribution in [-0.4, -0.2) is 69.9 Å². The lowest BCUT2D eigenvalue weighted by Gasteiger charge is -2.17. The first kappa shape index (κ1) is 26.2. The second-order valence-electron chi connectivity index (χ2n) is 7.54. The number of hydrogen-bond donors (Lipinski definition) is 3. The molecule has 1 atom stereocenters. The molecular weight excluding hydrogens is 488 g/mol. The zero-order valence-electron chi connectivity index (χ0n) is 18.0. The highest BCUT2D eigenvalue weighted by atomic mass is 19.4. The number of hydrogen-bond acceptors (Lipinski definition) is 8. The zero-order chi connectivity index (χ0) is 25.6. The standard InChI is InChI=1S/C19H21F6N7O3/c20-18(21,22)11-7-27-17(28-8-11)30-12-1-4-32(10-12)14(33)2-5-35-6-3-26-13-9-29-31-16(34)15(13)19(23,24)25/h7-9,12H,1-6,10H2,(H2,26,31,34)(H,27,28,30). The van der Waals surface area contributed by atoms with Crippen LogP contribution in [0.4, 0.5) is 38.0 Å². The molecule has 0 bridgehead atoms. The fourth-order valence-electron chi connectivity index (χ4n) is 3.33. The number of ether oxygens (including phenoxy) is 1. The van der Waals surface area contributed by atoms with Crippen molar-refractivity contribution in [1.29, 1.82) is 0 Å². The molecule has 1 aliphatic heterocycles. The Kier molecular flexibility index (Phi) is 8.14. The number of likely N-dealkylation sites (tertiary alicyclic amines) is 1. The van der Waals surface area contributed by atoms with Gasteiger partial charge in [0.05, 0.1) is 37.1 Å². The predicted octanol–water partition coefficient (Wildman–Crippen LogP) is 2.13. The molecule has 1 fully saturated rings. The van der Waals surface area contributed by atoms with Crippen molar-refractivity contribution < 1.29 is 35.9 Å². The largest absolute Gasteiger partial charge is 0.423 e. The van der Waals surface area contributed by atoms with Gasteiger partial charge in [0.1, 0.15) is 5.56 Å². The van der Waals surface area contributed by atoms with Gasteiger partial charge in [-0.3, -0.25) is 9.59 Å². The molecule has 1 amide bonds. The maximum atomic E-state index is 13.0. The molecule has 16 heteroatoms. The molecule has 0 aliphatic carbocycles. The van der Waals surface area contributed by atoms with E-state index in [1.165, 1.54) is 0 Å². The number of halogens is 6. The molecule has 1 aliphatic rings. The number of carbonyl (C=O) groups excluding carboxylic acids is 1. The Bertz CT molecular complexity index is 1060. The first-order valence-electron chi connectivity index (χ1n) is 10.3. The summed E-state index contributed by atoms with van der Waals surface area (Å²) in [5.74, 6) is -0.189. The Morgan fingerprint density at radius 1 is 1.11 bits per heavy atom. The van der Waals surface area contributed by atoms with Crippen LogP contribution in [0.2, 0.25) is 0 Å². The number of aromatic amines is 1. The van der Waals surface area contributed by atoms with Crippen LogP contribution in [0.5, 0.6) is 0 Å². The normalized spacial score (nSPS) is 16.4. The van der Waals surface area contributed by atoms with Gasteiger partial charge in [0, 0.05) is 38.1 Å². The number of H-pyrrole nitrogens is 1. The van der Waals surface area contributed by atoms with Crippen molar-refractivity contribution in [2.24, 2.45) is 0 Å². The highest BCUT2D eigenvalue weighted by Gasteiger charge is 2.37. The number of amides is 1. The van der Waals surface area contributed by atoms with Crippen LogP contribution < -0.4 is 16.2 Å². The summed E-state index contributed by atoms with van der Waals surface area (Å²) in [5.41, 5.74) is -4.19. The molecule has 3 N–H and O–H groups in total. The number of aromatic nitrogens is 4. The van der Waals surface area contributed by atoms with Crippen LogP contribution in [0.1, 0.15) is 24.0 Å². The van der Waals surface area contributed by atoms with Crippen LogP contribution in [-0.2, 0) is 21.9 Å². The third-order valence-corrected chi connectivity index (χ3v) is 5.02. The average Bonchev–Trinajstić information content (AvgIpc) is 3.23. The average molecular weight is 509 g/mol. The zero-order valence-corrected chi connectivity index (χ0v) is 18.0. The second-order valence-corrected chi connectivity index (χ2v) is 7.54. The van der Waals surface area contributed by atoms with Crippen LogP contribution in [0, 0.1) is 0 Å². The summed E-state index contributed by atoms with van der Waals surface area (Å²) in [6, 6.07) is -0.230. The lowest BCUT2D eigenvalue weighted by molar-refractivity contribution is -0.139. The number of rotatable bonds is 9. The van der Waals surface area contributed by atoms with Gasteiger partial charge in [-0.25, -0.2) is 15.1 Å². The predicted molar refractivity (Wildman–Crippen MR) is 109 cm³/mol. The molecule has 0 radical (unpaired) electrons. The van der Waals surface area contributed by atoms with Gasteiger partial charge in [-0.15, -0.1) is 0 Å². The maximum absolute atomic E-state index is 13.0. The van der Waals surface area contributed by atoms with Crippen molar-refractivity contribution in [3.05, 3.63) is 40.1 Å². The lowest BCUT2D eigenvalue weighted by atomic mass is 10.2. The van der Waals surface area contributed by atoms with Crippen LogP contribution in [0.15, 0.2) is 23.4 Å². The van der Waals surface area contributed by atoms with E-state index in [0.717, 1.165) is 6.20 Å². The highest BCUT2D eigenvalue weighted by Crippen LogP contribution is 2.31. The monoisotopic (exact) mass is 509 g/mol. The van der Waals surface area contributed by atoms with E-state index in [-0.39, 0.29) is 44.1 Å². The molecule has 192 valence electrons. The molecule has 2 aromatic rings. The summed E-state index contributed by atoms with van der Waals surface area (Å²) in [5, 5.41) is 10.4. The van der Waals surface area contributed by atoms with Crippen LogP contribution in [0.25, 0.3) is 0 Å². The smallest absolute Gasteiger partial charge is 0.381 e. The fraction of sp³-hybridized carbons (Fsp3) is 0.526. The van der Waals surface area contributed by atoms with Gasteiger partial charge in [-0.1, -0.05) is 0 Å². The van der Waals surface area contributed by atoms with E-state index in [1.54, 1.807) is 10.00 Å². The first-order valence-corrected chi connectivity index (χ1v) is 10.3. The van der Waals surface area contributed by atoms with Gasteiger partial charge in [0.2, 0.25) is 11.9 Å². The summed E-state index contributed by atoms with van der Waals surface area (Å²) < 4.78 is 81.9. The Balaban J connectivity index is 1.35. The Morgan fingerprint density at radius 3 is 2.49 bits per heavy atom. The molecule has 3 heterocycles. The summed E-state index contributed by atoms with van der Waals surface area (Å²) >= 11 is 0. The van der Waals surface area contributed by atoms with E-state index in [9.17, 15) is 35.9 Å². The minimum Gasteiger partial charge on any atom is -0.381 e. The van der Waals surface area contributed by atoms with E-state index in [1.807, 2.05) is 0 Å². The van der Waals surface area contributed by atoms with Gasteiger partial charge in [0.25, 0.3) is 5.56 Å². The number of nitrogens with one attached hydrogen (secondary N) is 3. The maximum Gasteiger partial charge on any atom is 0.423 e. The molecule has 2 aromatic heterocycles. The Morgan fingerprint density at radius 2 is 1.83 bits per heavy atom. The molecular formula is C19H21F6N7O3. The molecule has 10 nitrogen and oxygen atoms in total. The SMILES string of the molecule is O=C(CCOCCNc1cn[nH]c(=O)c1C(F)(F)F)N1CCC(Nc2ncc(C(F)(F)F)cn2)C1. The third kappa shape index (κ3) is 7.27. The number of alkyl halides is 6. The van der Waals surface area contributed by atoms with E-state index in [2.05, 4.69) is 25.7 Å². The molecule has 0 spiro atoms. The van der Waals surface area contributed by atoms with E-state index < -0.39 is 34.7 Å². The highest BCUT2D eigenvalue weighted by molar-refractivity contribution is 5.76. The summed E-state index contributed by atoms with van der Waals surface area (Å²) in [6.07, 6.45) is -6.60. The minimum atomic E-state index is -4.85. The number of anilines is 2. The second kappa shape index (κ2) is 10.9. The van der Waals surface area contributed by atoms with Gasteiger partial charge in [-0.05, 0) is 6.42 Å². The minimum absolute atomic E-state index is 0.0210. The Labute approximate surface area is 194 Å². The van der Waals surface area contributed by atoms with Crippen molar-refractivity contribution in [3.8, 4) is 0 Å². The topological polar surface area (TPSA) is 125 Å². The number of nitrogens with zero attached hydrogens (tertiary/aromatic N) is 4. The summed E-state index contributed by atoms with van der Waals surface area (Å²) in [4.78, 5) is 32.6. The summed E-state index contributed by atoms with van der Waals surface area (Å²) in [6.45, 7) is 0.684. The molecule has 35 heavy (non-hydrogen) atoms. The van der Waals surface area contributed by atoms with Crippen molar-refractivity contribution >= 4 is 17.5 Å². The molecule has 1 unspecified atom stereocenters. The van der Waals surface area contributed by atoms with Gasteiger partial charge in [-0.2, -0.15) is 31.4 Å². The van der Waals surface area contributed by atoms with E-state index >= 15 is 0 Å². The molecule has 0 aromatic carbocycles. The fourth-order valence-corrected chi connectivity index (χ4v) is 3.33. The summed E-state index contributed by atoms with van der Waals surface area (Å²) in [7, 11) is 0. The number of carbonyl (C=O) groups is 1. The van der Waals surface area contributed by atoms with E-state index in [4.69, 9.17) is 4.74 Å².